The van der Waals surface area contributed by atoms with Gasteiger partial charge in [0.05, 0.1) is 6.42 Å². The molecule has 3 N–H and O–H groups in total. The fraction of sp³-hybridized carbons (Fsp3) is 0.417. The molecule has 1 fully saturated rings. The van der Waals surface area contributed by atoms with E-state index in [2.05, 4.69) is 5.32 Å². The lowest BCUT2D eigenvalue weighted by atomic mass is 10.1. The standard InChI is InChI=1S/C12H16N2O3.ClH/c15-10-2-1-9(11(16)8-10)7-12(17)14-5-3-13-4-6-14;/h1-2,8,13,15-16H,3-7H2;1H. The summed E-state index contributed by atoms with van der Waals surface area (Å²) in [6, 6.07) is 4.30. The zero-order valence-electron chi connectivity index (χ0n) is 9.93. The van der Waals surface area contributed by atoms with E-state index in [-0.39, 0.29) is 36.2 Å². The number of phenolic OH excluding ortho intramolecular Hbond substituents is 2. The molecule has 1 aromatic rings. The number of piperazine rings is 1. The van der Waals surface area contributed by atoms with Crippen LogP contribution in [0.15, 0.2) is 18.2 Å². The van der Waals surface area contributed by atoms with E-state index in [1.165, 1.54) is 12.1 Å². The summed E-state index contributed by atoms with van der Waals surface area (Å²) in [5.74, 6) is -0.0261. The highest BCUT2D eigenvalue weighted by atomic mass is 35.5. The number of carbonyl (C=O) groups excluding carboxylic acids is 1. The summed E-state index contributed by atoms with van der Waals surface area (Å²) in [6.45, 7) is 3.04. The van der Waals surface area contributed by atoms with Crippen molar-refractivity contribution in [3.8, 4) is 11.5 Å². The predicted molar refractivity (Wildman–Crippen MR) is 70.2 cm³/mol. The molecule has 0 atom stereocenters. The van der Waals surface area contributed by atoms with Crippen molar-refractivity contribution in [1.29, 1.82) is 0 Å². The van der Waals surface area contributed by atoms with E-state index in [1.807, 2.05) is 0 Å². The van der Waals surface area contributed by atoms with Gasteiger partial charge in [-0.05, 0) is 6.07 Å². The van der Waals surface area contributed by atoms with Gasteiger partial charge in [0.15, 0.2) is 0 Å². The first-order valence-corrected chi connectivity index (χ1v) is 5.66. The van der Waals surface area contributed by atoms with Gasteiger partial charge in [0.25, 0.3) is 0 Å². The molecule has 1 aliphatic rings. The van der Waals surface area contributed by atoms with Gasteiger partial charge in [-0.15, -0.1) is 12.4 Å². The summed E-state index contributed by atoms with van der Waals surface area (Å²) in [5, 5.41) is 21.9. The van der Waals surface area contributed by atoms with Gasteiger partial charge in [0.1, 0.15) is 11.5 Å². The summed E-state index contributed by atoms with van der Waals surface area (Å²) in [7, 11) is 0. The number of halogens is 1. The minimum atomic E-state index is -0.0338. The molecule has 6 heteroatoms. The monoisotopic (exact) mass is 272 g/mol. The van der Waals surface area contributed by atoms with E-state index in [0.29, 0.717) is 18.7 Å². The van der Waals surface area contributed by atoms with Crippen molar-refractivity contribution in [2.24, 2.45) is 0 Å². The van der Waals surface area contributed by atoms with Crippen LogP contribution >= 0.6 is 12.4 Å². The zero-order valence-corrected chi connectivity index (χ0v) is 10.7. The van der Waals surface area contributed by atoms with Gasteiger partial charge in [-0.1, -0.05) is 6.07 Å². The first kappa shape index (κ1) is 14.6. The average molecular weight is 273 g/mol. The highest BCUT2D eigenvalue weighted by Crippen LogP contribution is 2.23. The molecule has 100 valence electrons. The Morgan fingerprint density at radius 3 is 2.56 bits per heavy atom. The number of aromatic hydroxyl groups is 2. The molecule has 0 spiro atoms. The summed E-state index contributed by atoms with van der Waals surface area (Å²) in [6.07, 6.45) is 0.173. The number of carbonyl (C=O) groups is 1. The first-order chi connectivity index (χ1) is 8.16. The van der Waals surface area contributed by atoms with Crippen molar-refractivity contribution < 1.29 is 15.0 Å². The second kappa shape index (κ2) is 6.47. The number of amides is 1. The van der Waals surface area contributed by atoms with Crippen LogP contribution in [0, 0.1) is 0 Å². The van der Waals surface area contributed by atoms with Crippen LogP contribution in [0.2, 0.25) is 0 Å². The lowest BCUT2D eigenvalue weighted by Crippen LogP contribution is -2.46. The van der Waals surface area contributed by atoms with Crippen molar-refractivity contribution in [2.75, 3.05) is 26.2 Å². The Hall–Kier alpha value is -1.46. The Morgan fingerprint density at radius 2 is 1.94 bits per heavy atom. The third kappa shape index (κ3) is 3.51. The molecule has 5 nitrogen and oxygen atoms in total. The Kier molecular flexibility index (Phi) is 5.25. The van der Waals surface area contributed by atoms with E-state index in [0.717, 1.165) is 13.1 Å². The molecule has 18 heavy (non-hydrogen) atoms. The molecular weight excluding hydrogens is 256 g/mol. The van der Waals surface area contributed by atoms with Crippen molar-refractivity contribution in [1.82, 2.24) is 10.2 Å². The van der Waals surface area contributed by atoms with Gasteiger partial charge in [-0.25, -0.2) is 0 Å². The molecule has 1 heterocycles. The predicted octanol–water partition coefficient (Wildman–Crippen LogP) is 0.494. The van der Waals surface area contributed by atoms with Crippen LogP contribution < -0.4 is 5.32 Å². The van der Waals surface area contributed by atoms with Crippen LogP contribution in [-0.2, 0) is 11.2 Å². The summed E-state index contributed by atoms with van der Waals surface area (Å²) >= 11 is 0. The van der Waals surface area contributed by atoms with Gasteiger partial charge in [-0.3, -0.25) is 4.79 Å². The van der Waals surface area contributed by atoms with Gasteiger partial charge in [0, 0.05) is 37.8 Å². The van der Waals surface area contributed by atoms with Crippen LogP contribution in [0.4, 0.5) is 0 Å². The number of benzene rings is 1. The smallest absolute Gasteiger partial charge is 0.227 e. The lowest BCUT2D eigenvalue weighted by Gasteiger charge is -2.27. The van der Waals surface area contributed by atoms with E-state index in [1.54, 1.807) is 11.0 Å². The van der Waals surface area contributed by atoms with Crippen molar-refractivity contribution in [3.05, 3.63) is 23.8 Å². The molecule has 0 radical (unpaired) electrons. The molecule has 2 rings (SSSR count). The second-order valence-corrected chi connectivity index (χ2v) is 4.12. The molecule has 1 aromatic carbocycles. The quantitative estimate of drug-likeness (QED) is 0.733. The molecule has 0 saturated carbocycles. The Balaban J connectivity index is 0.00000162. The lowest BCUT2D eigenvalue weighted by molar-refractivity contribution is -0.131. The fourth-order valence-corrected chi connectivity index (χ4v) is 1.89. The number of hydrogen-bond acceptors (Lipinski definition) is 4. The normalized spacial score (nSPS) is 15.0. The number of nitrogens with one attached hydrogen (secondary N) is 1. The molecule has 1 saturated heterocycles. The van der Waals surface area contributed by atoms with E-state index in [4.69, 9.17) is 5.11 Å². The maximum atomic E-state index is 11.9. The minimum Gasteiger partial charge on any atom is -0.508 e. The van der Waals surface area contributed by atoms with Crippen LogP contribution in [-0.4, -0.2) is 47.2 Å². The van der Waals surface area contributed by atoms with E-state index in [9.17, 15) is 9.90 Å². The maximum absolute atomic E-state index is 11.9. The average Bonchev–Trinajstić information content (AvgIpc) is 2.34. The number of hydrogen-bond donors (Lipinski definition) is 3. The number of nitrogens with zero attached hydrogens (tertiary/aromatic N) is 1. The summed E-state index contributed by atoms with van der Waals surface area (Å²) < 4.78 is 0. The Morgan fingerprint density at radius 1 is 1.28 bits per heavy atom. The zero-order chi connectivity index (χ0) is 12.3. The first-order valence-electron chi connectivity index (χ1n) is 5.66. The van der Waals surface area contributed by atoms with Gasteiger partial charge in [-0.2, -0.15) is 0 Å². The van der Waals surface area contributed by atoms with Crippen molar-refractivity contribution in [3.63, 3.8) is 0 Å². The minimum absolute atomic E-state index is 0. The SMILES string of the molecule is Cl.O=C(Cc1ccc(O)cc1O)N1CCNCC1. The van der Waals surface area contributed by atoms with Crippen LogP contribution in [0.1, 0.15) is 5.56 Å². The largest absolute Gasteiger partial charge is 0.508 e. The second-order valence-electron chi connectivity index (χ2n) is 4.12. The highest BCUT2D eigenvalue weighted by Gasteiger charge is 2.17. The molecule has 1 aliphatic heterocycles. The Bertz CT molecular complexity index is 420. The van der Waals surface area contributed by atoms with Crippen LogP contribution in [0.5, 0.6) is 11.5 Å². The van der Waals surface area contributed by atoms with Crippen molar-refractivity contribution in [2.45, 2.75) is 6.42 Å². The van der Waals surface area contributed by atoms with Gasteiger partial charge >= 0.3 is 0 Å². The van der Waals surface area contributed by atoms with Crippen molar-refractivity contribution >= 4 is 18.3 Å². The highest BCUT2D eigenvalue weighted by molar-refractivity contribution is 5.85. The molecule has 1 amide bonds. The summed E-state index contributed by atoms with van der Waals surface area (Å²) in [5.41, 5.74) is 0.548. The topological polar surface area (TPSA) is 72.8 Å². The molecule has 0 unspecified atom stereocenters. The molecule has 0 aromatic heterocycles. The third-order valence-electron chi connectivity index (χ3n) is 2.88. The molecule has 0 aliphatic carbocycles. The van der Waals surface area contributed by atoms with Crippen LogP contribution in [0.3, 0.4) is 0 Å². The van der Waals surface area contributed by atoms with E-state index >= 15 is 0 Å². The maximum Gasteiger partial charge on any atom is 0.227 e. The van der Waals surface area contributed by atoms with E-state index < -0.39 is 0 Å². The Labute approximate surface area is 112 Å². The molecular formula is C12H17ClN2O3. The van der Waals surface area contributed by atoms with Crippen LogP contribution in [0.25, 0.3) is 0 Å². The number of rotatable bonds is 2. The van der Waals surface area contributed by atoms with Gasteiger partial charge < -0.3 is 20.4 Å². The summed E-state index contributed by atoms with van der Waals surface area (Å²) in [4.78, 5) is 13.7. The number of phenols is 2. The molecule has 0 bridgehead atoms. The third-order valence-corrected chi connectivity index (χ3v) is 2.88. The fourth-order valence-electron chi connectivity index (χ4n) is 1.89. The van der Waals surface area contributed by atoms with Gasteiger partial charge in [0.2, 0.25) is 5.91 Å².